The number of nitrogens with zero attached hydrogens (tertiary/aromatic N) is 2. The molecule has 8 bridgehead atoms. The van der Waals surface area contributed by atoms with Crippen LogP contribution in [0, 0.1) is 0 Å². The fraction of sp³-hybridized carbons (Fsp3) is 0.0435. The van der Waals surface area contributed by atoms with E-state index in [-0.39, 0.29) is 0 Å². The fourth-order valence-electron chi connectivity index (χ4n) is 7.40. The lowest BCUT2D eigenvalue weighted by Crippen LogP contribution is -2.21. The van der Waals surface area contributed by atoms with Gasteiger partial charge in [0.1, 0.15) is 0 Å². The number of aliphatic imine (C=N–C) groups is 2. The van der Waals surface area contributed by atoms with E-state index in [9.17, 15) is 0 Å². The molecule has 2 N–H and O–H groups in total. The Morgan fingerprint density at radius 2 is 0.880 bits per heavy atom. The quantitative estimate of drug-likeness (QED) is 0.189. The molecule has 3 aliphatic heterocycles. The van der Waals surface area contributed by atoms with E-state index in [0.717, 1.165) is 95.7 Å². The van der Waals surface area contributed by atoms with Crippen LogP contribution in [0.2, 0.25) is 0 Å². The zero-order valence-electron chi connectivity index (χ0n) is 27.7. The van der Waals surface area contributed by atoms with Gasteiger partial charge in [-0.2, -0.15) is 0 Å². The van der Waals surface area contributed by atoms with Gasteiger partial charge in [-0.15, -0.1) is 0 Å². The van der Waals surface area contributed by atoms with Gasteiger partial charge < -0.3 is 9.97 Å². The molecule has 0 spiro atoms. The average molecular weight is 643 g/mol. The largest absolute Gasteiger partial charge is 0.360 e. The van der Waals surface area contributed by atoms with Crippen molar-refractivity contribution in [2.75, 3.05) is 0 Å². The summed E-state index contributed by atoms with van der Waals surface area (Å²) in [4.78, 5) is 18.4. The molecule has 4 heteroatoms. The zero-order chi connectivity index (χ0) is 33.4. The van der Waals surface area contributed by atoms with E-state index in [1.807, 2.05) is 0 Å². The molecule has 50 heavy (non-hydrogen) atoms. The van der Waals surface area contributed by atoms with Gasteiger partial charge in [-0.05, 0) is 70.7 Å². The van der Waals surface area contributed by atoms with Gasteiger partial charge in [0.05, 0.1) is 28.5 Å². The van der Waals surface area contributed by atoms with Crippen molar-refractivity contribution >= 4 is 33.7 Å². The lowest BCUT2D eigenvalue weighted by Gasteiger charge is -2.15. The third kappa shape index (κ3) is 5.10. The Kier molecular flexibility index (Phi) is 7.40. The molecule has 0 aliphatic carbocycles. The van der Waals surface area contributed by atoms with Gasteiger partial charge in [0.2, 0.25) is 0 Å². The fourth-order valence-corrected chi connectivity index (χ4v) is 7.40. The predicted octanol–water partition coefficient (Wildman–Crippen LogP) is 8.56. The molecule has 0 saturated heterocycles. The SMILES string of the molecule is CCc1c2c[nH]c1C(c1ccccc1)=C1C=CC(=N1)C(c1ccccc1)=c1ccc([nH]1)=C(c1ccccc1)C1=NC(=C2c2ccccc2)C=C1. The minimum absolute atomic E-state index is 0.828. The predicted molar refractivity (Wildman–Crippen MR) is 206 cm³/mol. The highest BCUT2D eigenvalue weighted by molar-refractivity contribution is 6.31. The Bertz CT molecular complexity index is 2390. The second-order valence-corrected chi connectivity index (χ2v) is 12.6. The molecular formula is C46H34N4. The number of rotatable bonds is 5. The maximum atomic E-state index is 5.43. The first kappa shape index (κ1) is 29.6. The van der Waals surface area contributed by atoms with E-state index in [2.05, 4.69) is 181 Å². The summed E-state index contributed by atoms with van der Waals surface area (Å²) < 4.78 is 0. The summed E-state index contributed by atoms with van der Waals surface area (Å²) in [5, 5.41) is 2.00. The number of hydrogen-bond acceptors (Lipinski definition) is 2. The molecule has 5 heterocycles. The Morgan fingerprint density at radius 3 is 1.34 bits per heavy atom. The zero-order valence-corrected chi connectivity index (χ0v) is 27.7. The standard InChI is InChI=1S/C46H34N4/c1-2-34-35-29-47-46(34)45(33-21-13-6-14-22-33)41-28-27-40(50-41)44(32-19-11-5-12-20-32)39-26-25-38(49-39)43(31-17-9-4-10-18-31)37-24-23-36(48-37)42(35)30-15-7-3-8-16-30/h3-29,47,49H,2H2,1H3. The van der Waals surface area contributed by atoms with Crippen molar-refractivity contribution < 1.29 is 0 Å². The van der Waals surface area contributed by atoms with Crippen LogP contribution in [0.1, 0.15) is 46.0 Å². The molecule has 0 atom stereocenters. The van der Waals surface area contributed by atoms with Crippen LogP contribution in [0.3, 0.4) is 0 Å². The summed E-state index contributed by atoms with van der Waals surface area (Å²) in [5.74, 6) is 0. The summed E-state index contributed by atoms with van der Waals surface area (Å²) >= 11 is 0. The summed E-state index contributed by atoms with van der Waals surface area (Å²) in [5.41, 5.74) is 15.9. The normalized spacial score (nSPS) is 15.2. The molecule has 0 radical (unpaired) electrons. The average Bonchev–Trinajstić information content (AvgIpc) is 4.01. The maximum absolute atomic E-state index is 5.43. The first-order valence-electron chi connectivity index (χ1n) is 17.2. The van der Waals surface area contributed by atoms with Crippen LogP contribution in [0.4, 0.5) is 0 Å². The van der Waals surface area contributed by atoms with Crippen molar-refractivity contribution in [3.05, 3.63) is 225 Å². The van der Waals surface area contributed by atoms with Gasteiger partial charge in [0.25, 0.3) is 0 Å². The van der Waals surface area contributed by atoms with Crippen molar-refractivity contribution in [2.24, 2.45) is 9.98 Å². The Morgan fingerprint density at radius 1 is 0.460 bits per heavy atom. The monoisotopic (exact) mass is 642 g/mol. The molecule has 2 aromatic heterocycles. The number of allylic oxidation sites excluding steroid dienone is 4. The molecule has 6 aromatic rings. The molecule has 4 nitrogen and oxygen atoms in total. The van der Waals surface area contributed by atoms with Crippen LogP contribution in [0.25, 0.3) is 22.3 Å². The van der Waals surface area contributed by atoms with Gasteiger partial charge in [0, 0.05) is 44.8 Å². The van der Waals surface area contributed by atoms with Gasteiger partial charge in [-0.3, -0.25) is 0 Å². The van der Waals surface area contributed by atoms with Crippen LogP contribution in [0.5, 0.6) is 0 Å². The molecule has 0 fully saturated rings. The molecular weight excluding hydrogens is 609 g/mol. The van der Waals surface area contributed by atoms with Crippen LogP contribution in [0.15, 0.2) is 185 Å². The van der Waals surface area contributed by atoms with E-state index in [4.69, 9.17) is 9.98 Å². The lowest BCUT2D eigenvalue weighted by atomic mass is 9.90. The number of H-pyrrole nitrogens is 2. The van der Waals surface area contributed by atoms with Gasteiger partial charge >= 0.3 is 0 Å². The number of aromatic nitrogens is 2. The highest BCUT2D eigenvalue weighted by Gasteiger charge is 2.26. The van der Waals surface area contributed by atoms with Crippen molar-refractivity contribution in [1.29, 1.82) is 0 Å². The Labute approximate surface area is 291 Å². The highest BCUT2D eigenvalue weighted by atomic mass is 14.8. The second kappa shape index (κ2) is 12.5. The summed E-state index contributed by atoms with van der Waals surface area (Å²) in [6.07, 6.45) is 11.6. The molecule has 4 aromatic carbocycles. The molecule has 3 aliphatic rings. The lowest BCUT2D eigenvalue weighted by molar-refractivity contribution is 1.12. The van der Waals surface area contributed by atoms with Crippen LogP contribution < -0.4 is 10.7 Å². The topological polar surface area (TPSA) is 56.3 Å². The second-order valence-electron chi connectivity index (χ2n) is 12.6. The molecule has 0 amide bonds. The molecule has 0 saturated carbocycles. The van der Waals surface area contributed by atoms with Crippen molar-refractivity contribution in [3.63, 3.8) is 0 Å². The maximum Gasteiger partial charge on any atom is 0.0737 e. The smallest absolute Gasteiger partial charge is 0.0737 e. The minimum Gasteiger partial charge on any atom is -0.360 e. The molecule has 9 rings (SSSR count). The van der Waals surface area contributed by atoms with Gasteiger partial charge in [-0.1, -0.05) is 128 Å². The van der Waals surface area contributed by atoms with Crippen molar-refractivity contribution in [3.8, 4) is 0 Å². The third-order valence-corrected chi connectivity index (χ3v) is 9.64. The van der Waals surface area contributed by atoms with E-state index in [0.29, 0.717) is 0 Å². The first-order valence-corrected chi connectivity index (χ1v) is 17.2. The van der Waals surface area contributed by atoms with Gasteiger partial charge in [-0.25, -0.2) is 9.98 Å². The van der Waals surface area contributed by atoms with E-state index in [1.165, 1.54) is 5.56 Å². The number of benzene rings is 4. The van der Waals surface area contributed by atoms with E-state index in [1.54, 1.807) is 0 Å². The number of aromatic amines is 2. The van der Waals surface area contributed by atoms with Gasteiger partial charge in [0.15, 0.2) is 0 Å². The third-order valence-electron chi connectivity index (χ3n) is 9.64. The molecule has 238 valence electrons. The van der Waals surface area contributed by atoms with E-state index < -0.39 is 0 Å². The van der Waals surface area contributed by atoms with Crippen molar-refractivity contribution in [2.45, 2.75) is 13.3 Å². The van der Waals surface area contributed by atoms with E-state index >= 15 is 0 Å². The molecule has 0 unspecified atom stereocenters. The Balaban J connectivity index is 1.45. The first-order chi connectivity index (χ1) is 24.8. The number of fused-ring (bicyclic) bond motifs is 6. The minimum atomic E-state index is 0.828. The summed E-state index contributed by atoms with van der Waals surface area (Å²) in [6, 6.07) is 46.7. The van der Waals surface area contributed by atoms with Crippen LogP contribution in [-0.2, 0) is 6.42 Å². The van der Waals surface area contributed by atoms with Crippen LogP contribution in [-0.4, -0.2) is 21.4 Å². The number of nitrogens with one attached hydrogen (secondary N) is 2. The van der Waals surface area contributed by atoms with Crippen LogP contribution >= 0.6 is 0 Å². The number of hydrogen-bond donors (Lipinski definition) is 2. The highest BCUT2D eigenvalue weighted by Crippen LogP contribution is 2.39. The Hall–Kier alpha value is -6.52. The summed E-state index contributed by atoms with van der Waals surface area (Å²) in [6.45, 7) is 2.23. The summed E-state index contributed by atoms with van der Waals surface area (Å²) in [7, 11) is 0. The van der Waals surface area contributed by atoms with Crippen molar-refractivity contribution in [1.82, 2.24) is 9.97 Å².